The van der Waals surface area contributed by atoms with Gasteiger partial charge in [0.05, 0.1) is 5.52 Å². The maximum atomic E-state index is 13.0. The summed E-state index contributed by atoms with van der Waals surface area (Å²) >= 11 is 6.90. The number of nitrogens with one attached hydrogen (secondary N) is 1. The quantitative estimate of drug-likeness (QED) is 0.208. The Morgan fingerprint density at radius 1 is 1.00 bits per heavy atom. The molecule has 2 amide bonds. The first-order valence-electron chi connectivity index (χ1n) is 10.1. The molecule has 0 spiro atoms. The Morgan fingerprint density at radius 3 is 2.32 bits per heavy atom. The van der Waals surface area contributed by atoms with Gasteiger partial charge in [-0.1, -0.05) is 64.5 Å². The number of azo groups is 1. The van der Waals surface area contributed by atoms with Gasteiger partial charge in [0.25, 0.3) is 5.91 Å². The minimum absolute atomic E-state index is 0.0501. The van der Waals surface area contributed by atoms with Gasteiger partial charge in [-0.15, -0.1) is 10.2 Å². The summed E-state index contributed by atoms with van der Waals surface area (Å²) in [4.78, 5) is 25.7. The van der Waals surface area contributed by atoms with E-state index < -0.39 is 11.8 Å². The van der Waals surface area contributed by atoms with E-state index in [1.165, 1.54) is 6.08 Å². The van der Waals surface area contributed by atoms with Crippen LogP contribution < -0.4 is 5.32 Å². The average Bonchev–Trinajstić information content (AvgIpc) is 3.07. The first kappa shape index (κ1) is 23.6. The summed E-state index contributed by atoms with van der Waals surface area (Å²) in [5, 5.41) is 21.7. The molecule has 4 aromatic rings. The molecule has 0 bridgehead atoms. The van der Waals surface area contributed by atoms with Gasteiger partial charge in [-0.2, -0.15) is 0 Å². The molecule has 0 aliphatic rings. The van der Waals surface area contributed by atoms with Gasteiger partial charge in [0.2, 0.25) is 5.88 Å². The van der Waals surface area contributed by atoms with E-state index in [1.807, 2.05) is 24.3 Å². The third-order valence-electron chi connectivity index (χ3n) is 5.01. The van der Waals surface area contributed by atoms with Crippen LogP contribution in [0.25, 0.3) is 17.0 Å². The molecule has 0 fully saturated rings. The fourth-order valence-corrected chi connectivity index (χ4v) is 4.86. The molecule has 3 aromatic carbocycles. The van der Waals surface area contributed by atoms with Crippen LogP contribution >= 0.6 is 31.9 Å². The van der Waals surface area contributed by atoms with Crippen molar-refractivity contribution in [3.8, 4) is 5.88 Å². The number of amides is 2. The molecule has 2 N–H and O–H groups in total. The largest absolute Gasteiger partial charge is 0.493 e. The highest BCUT2D eigenvalue weighted by molar-refractivity contribution is 9.11. The van der Waals surface area contributed by atoms with Gasteiger partial charge < -0.3 is 15.0 Å². The molecular weight excluding hydrogens is 564 g/mol. The van der Waals surface area contributed by atoms with E-state index in [-0.39, 0.29) is 17.3 Å². The van der Waals surface area contributed by atoms with E-state index in [9.17, 15) is 14.7 Å². The van der Waals surface area contributed by atoms with E-state index in [4.69, 9.17) is 0 Å². The van der Waals surface area contributed by atoms with Crippen LogP contribution in [0.3, 0.4) is 0 Å². The molecule has 1 aromatic heterocycles. The highest BCUT2D eigenvalue weighted by Crippen LogP contribution is 2.42. The van der Waals surface area contributed by atoms with E-state index in [0.29, 0.717) is 22.0 Å². The molecular formula is C25H18Br2N4O3. The first-order chi connectivity index (χ1) is 16.3. The van der Waals surface area contributed by atoms with Crippen molar-refractivity contribution in [3.05, 3.63) is 98.6 Å². The molecule has 0 aliphatic carbocycles. The standard InChI is InChI=1S/C25H18Br2N4O3/c1-31-22-18(13-17(26)14-19(22)27)21(25(31)34)29-30-24(33)20(12-15-8-4-2-5-9-15)28-23(32)16-10-6-3-7-11-16/h2-14,34H,1H3,(H,28,32). The average molecular weight is 582 g/mol. The van der Waals surface area contributed by atoms with Gasteiger partial charge in [-0.25, -0.2) is 0 Å². The lowest BCUT2D eigenvalue weighted by atomic mass is 10.1. The second-order valence-electron chi connectivity index (χ2n) is 7.31. The first-order valence-corrected chi connectivity index (χ1v) is 11.7. The van der Waals surface area contributed by atoms with E-state index in [1.54, 1.807) is 60.1 Å². The number of fused-ring (bicyclic) bond motifs is 1. The lowest BCUT2D eigenvalue weighted by Gasteiger charge is -2.07. The zero-order valence-corrected chi connectivity index (χ0v) is 21.0. The maximum Gasteiger partial charge on any atom is 0.311 e. The number of nitrogens with zero attached hydrogens (tertiary/aromatic N) is 3. The number of rotatable bonds is 5. The molecule has 0 atom stereocenters. The minimum Gasteiger partial charge on any atom is -0.493 e. The lowest BCUT2D eigenvalue weighted by molar-refractivity contribution is -0.115. The maximum absolute atomic E-state index is 13.0. The van der Waals surface area contributed by atoms with Crippen LogP contribution in [-0.4, -0.2) is 21.5 Å². The fraction of sp³-hybridized carbons (Fsp3) is 0.0400. The third kappa shape index (κ3) is 5.00. The molecule has 0 saturated carbocycles. The van der Waals surface area contributed by atoms with E-state index in [2.05, 4.69) is 47.4 Å². The van der Waals surface area contributed by atoms with Crippen LogP contribution in [0.15, 0.2) is 97.7 Å². The zero-order chi connectivity index (χ0) is 24.2. The van der Waals surface area contributed by atoms with Gasteiger partial charge in [-0.05, 0) is 51.8 Å². The van der Waals surface area contributed by atoms with Crippen LogP contribution in [-0.2, 0) is 11.8 Å². The van der Waals surface area contributed by atoms with Gasteiger partial charge in [-0.3, -0.25) is 9.59 Å². The van der Waals surface area contributed by atoms with Crippen molar-refractivity contribution < 1.29 is 14.7 Å². The molecule has 0 aliphatic heterocycles. The number of halogens is 2. The predicted octanol–water partition coefficient (Wildman–Crippen LogP) is 6.49. The molecule has 9 heteroatoms. The Hall–Kier alpha value is -3.56. The Balaban J connectivity index is 1.71. The molecule has 0 saturated heterocycles. The van der Waals surface area contributed by atoms with Crippen molar-refractivity contribution in [1.82, 2.24) is 9.88 Å². The fourth-order valence-electron chi connectivity index (χ4n) is 3.37. The monoisotopic (exact) mass is 580 g/mol. The van der Waals surface area contributed by atoms with Crippen molar-refractivity contribution in [2.45, 2.75) is 0 Å². The number of carbonyl (C=O) groups excluding carboxylic acids is 2. The Labute approximate surface area is 212 Å². The van der Waals surface area contributed by atoms with Gasteiger partial charge in [0, 0.05) is 26.9 Å². The molecule has 0 radical (unpaired) electrons. The van der Waals surface area contributed by atoms with Crippen molar-refractivity contribution >= 4 is 66.3 Å². The summed E-state index contributed by atoms with van der Waals surface area (Å²) < 4.78 is 3.05. The number of aromatic nitrogens is 1. The smallest absolute Gasteiger partial charge is 0.311 e. The summed E-state index contributed by atoms with van der Waals surface area (Å²) in [6.45, 7) is 0. The minimum atomic E-state index is -0.765. The lowest BCUT2D eigenvalue weighted by Crippen LogP contribution is -2.26. The van der Waals surface area contributed by atoms with Gasteiger partial charge in [0.1, 0.15) is 5.70 Å². The van der Waals surface area contributed by atoms with Gasteiger partial charge in [0.15, 0.2) is 5.69 Å². The van der Waals surface area contributed by atoms with E-state index >= 15 is 0 Å². The van der Waals surface area contributed by atoms with Crippen LogP contribution in [0.4, 0.5) is 5.69 Å². The van der Waals surface area contributed by atoms with Crippen LogP contribution in [0.5, 0.6) is 5.88 Å². The summed E-state index contributed by atoms with van der Waals surface area (Å²) in [5.74, 6) is -1.36. The molecule has 1 heterocycles. The number of hydrogen-bond acceptors (Lipinski definition) is 4. The van der Waals surface area contributed by atoms with Crippen LogP contribution in [0.2, 0.25) is 0 Å². The van der Waals surface area contributed by atoms with E-state index in [0.717, 1.165) is 8.95 Å². The topological polar surface area (TPSA) is 96.0 Å². The van der Waals surface area contributed by atoms with Crippen molar-refractivity contribution in [2.75, 3.05) is 0 Å². The summed E-state index contributed by atoms with van der Waals surface area (Å²) in [5.41, 5.74) is 1.88. The van der Waals surface area contributed by atoms with Crippen molar-refractivity contribution in [3.63, 3.8) is 0 Å². The number of hydrogen-bond donors (Lipinski definition) is 2. The second-order valence-corrected chi connectivity index (χ2v) is 9.08. The Bertz CT molecular complexity index is 1450. The number of carbonyl (C=O) groups is 2. The molecule has 4 rings (SSSR count). The molecule has 7 nitrogen and oxygen atoms in total. The van der Waals surface area contributed by atoms with Crippen LogP contribution in [0.1, 0.15) is 15.9 Å². The summed E-state index contributed by atoms with van der Waals surface area (Å²) in [6.07, 6.45) is 1.53. The Kier molecular flexibility index (Phi) is 7.04. The van der Waals surface area contributed by atoms with Crippen LogP contribution in [0, 0.1) is 0 Å². The second kappa shape index (κ2) is 10.1. The SMILES string of the molecule is Cn1c(O)c(N=NC(=O)C(=Cc2ccccc2)NC(=O)c2ccccc2)c2cc(Br)cc(Br)c21. The normalized spacial score (nSPS) is 11.8. The summed E-state index contributed by atoms with van der Waals surface area (Å²) in [7, 11) is 1.68. The third-order valence-corrected chi connectivity index (χ3v) is 6.08. The molecule has 34 heavy (non-hydrogen) atoms. The predicted molar refractivity (Wildman–Crippen MR) is 138 cm³/mol. The van der Waals surface area contributed by atoms with Gasteiger partial charge >= 0.3 is 5.91 Å². The molecule has 0 unspecified atom stereocenters. The number of aryl methyl sites for hydroxylation is 1. The molecule has 170 valence electrons. The highest BCUT2D eigenvalue weighted by atomic mass is 79.9. The number of aromatic hydroxyl groups is 1. The number of benzene rings is 3. The van der Waals surface area contributed by atoms with Crippen molar-refractivity contribution in [1.29, 1.82) is 0 Å². The highest BCUT2D eigenvalue weighted by Gasteiger charge is 2.19. The van der Waals surface area contributed by atoms with Crippen molar-refractivity contribution in [2.24, 2.45) is 17.3 Å². The summed E-state index contributed by atoms with van der Waals surface area (Å²) in [6, 6.07) is 21.2. The zero-order valence-electron chi connectivity index (χ0n) is 17.9. The Morgan fingerprint density at radius 2 is 1.65 bits per heavy atom.